The van der Waals surface area contributed by atoms with Crippen LogP contribution < -0.4 is 21.3 Å². The van der Waals surface area contributed by atoms with Crippen molar-refractivity contribution in [3.63, 3.8) is 0 Å². The second-order valence-corrected chi connectivity index (χ2v) is 5.46. The number of rotatable bonds is 5. The number of aromatic amines is 1. The van der Waals surface area contributed by atoms with Crippen LogP contribution in [0.15, 0.2) is 58.1 Å². The summed E-state index contributed by atoms with van der Waals surface area (Å²) < 4.78 is 6.11. The predicted octanol–water partition coefficient (Wildman–Crippen LogP) is 1.01. The summed E-state index contributed by atoms with van der Waals surface area (Å²) >= 11 is 0. The summed E-state index contributed by atoms with van der Waals surface area (Å²) in [4.78, 5) is 39.2. The van der Waals surface area contributed by atoms with Crippen LogP contribution in [0.5, 0.6) is 5.75 Å². The lowest BCUT2D eigenvalue weighted by molar-refractivity contribution is -0.121. The van der Waals surface area contributed by atoms with Crippen LogP contribution in [-0.2, 0) is 17.9 Å². The molecule has 1 aromatic heterocycles. The van der Waals surface area contributed by atoms with Gasteiger partial charge in [-0.3, -0.25) is 14.2 Å². The molecule has 3 rings (SSSR count). The molecule has 0 bridgehead atoms. The van der Waals surface area contributed by atoms with E-state index in [-0.39, 0.29) is 13.1 Å². The predicted molar refractivity (Wildman–Crippen MR) is 93.7 cm³/mol. The highest BCUT2D eigenvalue weighted by molar-refractivity contribution is 5.78. The highest BCUT2D eigenvalue weighted by Crippen LogP contribution is 2.16. The molecule has 128 valence electrons. The maximum Gasteiger partial charge on any atom is 0.329 e. The molecule has 0 atom stereocenters. The van der Waals surface area contributed by atoms with Gasteiger partial charge in [0.05, 0.1) is 18.0 Å². The maximum absolute atomic E-state index is 12.4. The van der Waals surface area contributed by atoms with Gasteiger partial charge in [-0.2, -0.15) is 0 Å². The summed E-state index contributed by atoms with van der Waals surface area (Å²) in [7, 11) is 1.55. The quantitative estimate of drug-likeness (QED) is 0.726. The SMILES string of the molecule is COc1ccccc1CNC(=O)Cn1c(=O)[nH]c2ccccc2c1=O. The van der Waals surface area contributed by atoms with Gasteiger partial charge in [-0.25, -0.2) is 4.79 Å². The Morgan fingerprint density at radius 1 is 1.12 bits per heavy atom. The number of carbonyl (C=O) groups is 1. The molecule has 0 fully saturated rings. The van der Waals surface area contributed by atoms with E-state index < -0.39 is 17.2 Å². The van der Waals surface area contributed by atoms with Gasteiger partial charge in [-0.1, -0.05) is 30.3 Å². The van der Waals surface area contributed by atoms with E-state index in [9.17, 15) is 14.4 Å². The number of H-pyrrole nitrogens is 1. The minimum atomic E-state index is -0.615. The molecule has 0 radical (unpaired) electrons. The molecular weight excluding hydrogens is 322 g/mol. The average Bonchev–Trinajstić information content (AvgIpc) is 2.63. The van der Waals surface area contributed by atoms with Crippen LogP contribution in [-0.4, -0.2) is 22.6 Å². The van der Waals surface area contributed by atoms with Crippen molar-refractivity contribution in [1.29, 1.82) is 0 Å². The lowest BCUT2D eigenvalue weighted by Gasteiger charge is -2.10. The molecule has 2 N–H and O–H groups in total. The van der Waals surface area contributed by atoms with E-state index in [1.54, 1.807) is 37.4 Å². The van der Waals surface area contributed by atoms with E-state index in [1.807, 2.05) is 18.2 Å². The largest absolute Gasteiger partial charge is 0.496 e. The number of benzene rings is 2. The topological polar surface area (TPSA) is 93.2 Å². The Hall–Kier alpha value is -3.35. The Labute approximate surface area is 142 Å². The molecule has 0 aliphatic rings. The lowest BCUT2D eigenvalue weighted by Crippen LogP contribution is -2.40. The molecule has 1 amide bonds. The fourth-order valence-electron chi connectivity index (χ4n) is 2.58. The van der Waals surface area contributed by atoms with E-state index in [1.165, 1.54) is 0 Å². The van der Waals surface area contributed by atoms with Crippen molar-refractivity contribution in [1.82, 2.24) is 14.9 Å². The van der Waals surface area contributed by atoms with E-state index in [0.717, 1.165) is 10.1 Å². The van der Waals surface area contributed by atoms with Crippen LogP contribution in [0.1, 0.15) is 5.56 Å². The number of hydrogen-bond donors (Lipinski definition) is 2. The van der Waals surface area contributed by atoms with Crippen molar-refractivity contribution < 1.29 is 9.53 Å². The van der Waals surface area contributed by atoms with Gasteiger partial charge in [0.15, 0.2) is 0 Å². The third-order valence-corrected chi connectivity index (χ3v) is 3.86. The number of carbonyl (C=O) groups excluding carboxylic acids is 1. The van der Waals surface area contributed by atoms with Crippen LogP contribution in [0.3, 0.4) is 0 Å². The summed E-state index contributed by atoms with van der Waals surface area (Å²) in [6.45, 7) is -0.114. The molecule has 2 aromatic carbocycles. The van der Waals surface area contributed by atoms with Gasteiger partial charge >= 0.3 is 5.69 Å². The maximum atomic E-state index is 12.4. The van der Waals surface area contributed by atoms with Crippen molar-refractivity contribution >= 4 is 16.8 Å². The summed E-state index contributed by atoms with van der Waals surface area (Å²) in [6.07, 6.45) is 0. The van der Waals surface area contributed by atoms with Gasteiger partial charge in [-0.05, 0) is 18.2 Å². The highest BCUT2D eigenvalue weighted by Gasteiger charge is 2.11. The van der Waals surface area contributed by atoms with Crippen LogP contribution in [0.2, 0.25) is 0 Å². The average molecular weight is 339 g/mol. The zero-order chi connectivity index (χ0) is 17.8. The molecule has 7 nitrogen and oxygen atoms in total. The first-order valence-corrected chi connectivity index (χ1v) is 7.70. The Balaban J connectivity index is 1.78. The molecule has 0 saturated carbocycles. The zero-order valence-corrected chi connectivity index (χ0v) is 13.6. The molecule has 25 heavy (non-hydrogen) atoms. The minimum Gasteiger partial charge on any atom is -0.496 e. The fourth-order valence-corrected chi connectivity index (χ4v) is 2.58. The van der Waals surface area contributed by atoms with Crippen LogP contribution in [0, 0.1) is 0 Å². The van der Waals surface area contributed by atoms with Gasteiger partial charge in [0.1, 0.15) is 12.3 Å². The van der Waals surface area contributed by atoms with Crippen LogP contribution in [0.25, 0.3) is 10.9 Å². The second kappa shape index (κ2) is 7.04. The molecule has 0 aliphatic heterocycles. The Morgan fingerprint density at radius 3 is 2.64 bits per heavy atom. The molecule has 0 aliphatic carbocycles. The van der Waals surface area contributed by atoms with E-state index >= 15 is 0 Å². The van der Waals surface area contributed by atoms with Gasteiger partial charge < -0.3 is 15.0 Å². The normalized spacial score (nSPS) is 10.6. The Kier molecular flexibility index (Phi) is 4.65. The van der Waals surface area contributed by atoms with Crippen molar-refractivity contribution in [2.75, 3.05) is 7.11 Å². The molecular formula is C18H17N3O4. The lowest BCUT2D eigenvalue weighted by atomic mass is 10.2. The highest BCUT2D eigenvalue weighted by atomic mass is 16.5. The summed E-state index contributed by atoms with van der Waals surface area (Å²) in [6, 6.07) is 14.0. The number of ether oxygens (including phenoxy) is 1. The summed E-state index contributed by atoms with van der Waals surface area (Å²) in [5, 5.41) is 3.05. The number of aromatic nitrogens is 2. The summed E-state index contributed by atoms with van der Waals surface area (Å²) in [5.74, 6) is 0.220. The van der Waals surface area contributed by atoms with Gasteiger partial charge in [-0.15, -0.1) is 0 Å². The number of methoxy groups -OCH3 is 1. The van der Waals surface area contributed by atoms with Crippen LogP contribution in [0.4, 0.5) is 0 Å². The monoisotopic (exact) mass is 339 g/mol. The number of fused-ring (bicyclic) bond motifs is 1. The van der Waals surface area contributed by atoms with Gasteiger partial charge in [0.2, 0.25) is 5.91 Å². The number of nitrogens with zero attached hydrogens (tertiary/aromatic N) is 1. The second-order valence-electron chi connectivity index (χ2n) is 5.46. The van der Waals surface area contributed by atoms with Gasteiger partial charge in [0.25, 0.3) is 5.56 Å². The van der Waals surface area contributed by atoms with Crippen molar-refractivity contribution in [2.24, 2.45) is 0 Å². The Morgan fingerprint density at radius 2 is 1.84 bits per heavy atom. The summed E-state index contributed by atoms with van der Waals surface area (Å²) in [5.41, 5.74) is 0.143. The van der Waals surface area contributed by atoms with E-state index in [0.29, 0.717) is 16.7 Å². The number of nitrogens with one attached hydrogen (secondary N) is 2. The third-order valence-electron chi connectivity index (χ3n) is 3.86. The third kappa shape index (κ3) is 3.45. The van der Waals surface area contributed by atoms with Crippen LogP contribution >= 0.6 is 0 Å². The van der Waals surface area contributed by atoms with Crippen molar-refractivity contribution in [3.8, 4) is 5.75 Å². The number of amides is 1. The zero-order valence-electron chi connectivity index (χ0n) is 13.6. The minimum absolute atomic E-state index is 0.239. The smallest absolute Gasteiger partial charge is 0.329 e. The van der Waals surface area contributed by atoms with Crippen molar-refractivity contribution in [2.45, 2.75) is 13.1 Å². The fraction of sp³-hybridized carbons (Fsp3) is 0.167. The first kappa shape index (κ1) is 16.5. The van der Waals surface area contributed by atoms with E-state index in [4.69, 9.17) is 4.74 Å². The number of para-hydroxylation sites is 2. The standard InChI is InChI=1S/C18H17N3O4/c1-25-15-9-5-2-6-12(15)10-19-16(22)11-21-17(23)13-7-3-4-8-14(13)20-18(21)24/h2-9H,10-11H2,1H3,(H,19,22)(H,20,24). The van der Waals surface area contributed by atoms with E-state index in [2.05, 4.69) is 10.3 Å². The number of hydrogen-bond acceptors (Lipinski definition) is 4. The molecule has 0 unspecified atom stereocenters. The first-order valence-electron chi connectivity index (χ1n) is 7.70. The molecule has 7 heteroatoms. The van der Waals surface area contributed by atoms with Gasteiger partial charge in [0, 0.05) is 12.1 Å². The molecule has 1 heterocycles. The first-order chi connectivity index (χ1) is 12.1. The van der Waals surface area contributed by atoms with Crippen molar-refractivity contribution in [3.05, 3.63) is 74.9 Å². The Bertz CT molecular complexity index is 1040. The molecule has 0 spiro atoms. The molecule has 3 aromatic rings. The molecule has 0 saturated heterocycles.